The van der Waals surface area contributed by atoms with Crippen molar-refractivity contribution in [3.05, 3.63) is 70.8 Å². The molecule has 1 heteroatoms. The number of benzene rings is 2. The van der Waals surface area contributed by atoms with Gasteiger partial charge in [-0.05, 0) is 48.3 Å². The molecule has 0 aliphatic rings. The molecule has 0 aromatic heterocycles. The summed E-state index contributed by atoms with van der Waals surface area (Å²) in [6.45, 7) is 6.60. The number of halogens is 1. The van der Waals surface area contributed by atoms with Gasteiger partial charge >= 0.3 is 0 Å². The van der Waals surface area contributed by atoms with Crippen molar-refractivity contribution in [2.75, 3.05) is 5.88 Å². The molecule has 0 bridgehead atoms. The van der Waals surface area contributed by atoms with Gasteiger partial charge in [0, 0.05) is 5.88 Å². The summed E-state index contributed by atoms with van der Waals surface area (Å²) in [6.07, 6.45) is 2.10. The van der Waals surface area contributed by atoms with Crippen LogP contribution < -0.4 is 0 Å². The summed E-state index contributed by atoms with van der Waals surface area (Å²) in [4.78, 5) is 0. The predicted molar refractivity (Wildman–Crippen MR) is 93.3 cm³/mol. The van der Waals surface area contributed by atoms with Gasteiger partial charge in [-0.1, -0.05) is 67.9 Å². The van der Waals surface area contributed by atoms with Crippen LogP contribution in [0.3, 0.4) is 0 Å². The Morgan fingerprint density at radius 2 is 1.57 bits per heavy atom. The molecule has 2 rings (SSSR count). The third kappa shape index (κ3) is 4.89. The third-order valence-corrected chi connectivity index (χ3v) is 4.43. The Hall–Kier alpha value is -1.27. The zero-order chi connectivity index (χ0) is 15.2. The van der Waals surface area contributed by atoms with Crippen LogP contribution in [0.25, 0.3) is 0 Å². The van der Waals surface area contributed by atoms with Crippen LogP contribution in [0.4, 0.5) is 0 Å². The summed E-state index contributed by atoms with van der Waals surface area (Å²) in [6, 6.07) is 17.7. The van der Waals surface area contributed by atoms with Crippen molar-refractivity contribution in [1.82, 2.24) is 0 Å². The highest BCUT2D eigenvalue weighted by molar-refractivity contribution is 6.18. The Bertz CT molecular complexity index is 554. The maximum absolute atomic E-state index is 6.19. The monoisotopic (exact) mass is 300 g/mol. The van der Waals surface area contributed by atoms with Crippen LogP contribution in [0, 0.1) is 12.8 Å². The molecular formula is C20H25Cl. The molecule has 1 unspecified atom stereocenters. The van der Waals surface area contributed by atoms with Gasteiger partial charge in [0.05, 0.1) is 0 Å². The van der Waals surface area contributed by atoms with E-state index in [1.807, 2.05) is 0 Å². The molecule has 21 heavy (non-hydrogen) atoms. The van der Waals surface area contributed by atoms with Gasteiger partial charge in [-0.15, -0.1) is 11.6 Å². The zero-order valence-electron chi connectivity index (χ0n) is 13.3. The lowest BCUT2D eigenvalue weighted by atomic mass is 9.92. The van der Waals surface area contributed by atoms with Crippen molar-refractivity contribution >= 4 is 11.6 Å². The molecule has 0 heterocycles. The van der Waals surface area contributed by atoms with Crippen LogP contribution in [0.15, 0.2) is 48.5 Å². The molecule has 0 aliphatic heterocycles. The fourth-order valence-corrected chi connectivity index (χ4v) is 2.94. The fraction of sp³-hybridized carbons (Fsp3) is 0.400. The highest BCUT2D eigenvalue weighted by Crippen LogP contribution is 2.20. The molecule has 112 valence electrons. The number of rotatable bonds is 6. The molecule has 2 aromatic carbocycles. The Morgan fingerprint density at radius 1 is 0.905 bits per heavy atom. The maximum Gasteiger partial charge on any atom is 0.0258 e. The van der Waals surface area contributed by atoms with E-state index in [1.165, 1.54) is 22.3 Å². The number of hydrogen-bond acceptors (Lipinski definition) is 0. The van der Waals surface area contributed by atoms with Crippen molar-refractivity contribution in [2.45, 2.75) is 39.5 Å². The van der Waals surface area contributed by atoms with Gasteiger partial charge in [0.15, 0.2) is 0 Å². The number of alkyl halides is 1. The van der Waals surface area contributed by atoms with Gasteiger partial charge in [-0.3, -0.25) is 0 Å². The van der Waals surface area contributed by atoms with Crippen molar-refractivity contribution in [3.63, 3.8) is 0 Å². The minimum Gasteiger partial charge on any atom is -0.126 e. The molecule has 0 N–H and O–H groups in total. The van der Waals surface area contributed by atoms with Crippen LogP contribution >= 0.6 is 11.6 Å². The van der Waals surface area contributed by atoms with E-state index in [-0.39, 0.29) is 0 Å². The van der Waals surface area contributed by atoms with E-state index in [0.29, 0.717) is 17.7 Å². The Kier molecular flexibility index (Phi) is 5.87. The van der Waals surface area contributed by atoms with Gasteiger partial charge in [-0.25, -0.2) is 0 Å². The van der Waals surface area contributed by atoms with Crippen LogP contribution in [0.1, 0.15) is 42.0 Å². The van der Waals surface area contributed by atoms with E-state index in [0.717, 1.165) is 12.8 Å². The van der Waals surface area contributed by atoms with Gasteiger partial charge in [-0.2, -0.15) is 0 Å². The Morgan fingerprint density at radius 3 is 2.14 bits per heavy atom. The smallest absolute Gasteiger partial charge is 0.0258 e. The topological polar surface area (TPSA) is 0 Å². The minimum absolute atomic E-state index is 0.498. The normalized spacial score (nSPS) is 12.6. The third-order valence-electron chi connectivity index (χ3n) is 4.00. The van der Waals surface area contributed by atoms with E-state index >= 15 is 0 Å². The largest absolute Gasteiger partial charge is 0.126 e. The van der Waals surface area contributed by atoms with Gasteiger partial charge in [0.25, 0.3) is 0 Å². The average molecular weight is 301 g/mol. The van der Waals surface area contributed by atoms with Crippen molar-refractivity contribution in [1.29, 1.82) is 0 Å². The highest BCUT2D eigenvalue weighted by Gasteiger charge is 2.10. The lowest BCUT2D eigenvalue weighted by Crippen LogP contribution is -2.10. The second-order valence-corrected chi connectivity index (χ2v) is 6.62. The molecular weight excluding hydrogens is 276 g/mol. The second-order valence-electron chi connectivity index (χ2n) is 6.31. The quantitative estimate of drug-likeness (QED) is 0.595. The summed E-state index contributed by atoms with van der Waals surface area (Å²) >= 11 is 6.19. The number of aryl methyl sites for hydroxylation is 1. The molecule has 0 saturated heterocycles. The van der Waals surface area contributed by atoms with Crippen molar-refractivity contribution in [2.24, 2.45) is 5.92 Å². The molecule has 1 atom stereocenters. The first-order chi connectivity index (χ1) is 10.1. The van der Waals surface area contributed by atoms with Crippen molar-refractivity contribution < 1.29 is 0 Å². The predicted octanol–water partition coefficient (Wildman–Crippen LogP) is 5.76. The summed E-state index contributed by atoms with van der Waals surface area (Å²) in [5.41, 5.74) is 5.50. The maximum atomic E-state index is 6.19. The summed E-state index contributed by atoms with van der Waals surface area (Å²) in [5, 5.41) is 0. The minimum atomic E-state index is 0.498. The lowest BCUT2D eigenvalue weighted by Gasteiger charge is -2.15. The summed E-state index contributed by atoms with van der Waals surface area (Å²) in [5.74, 6) is 1.80. The van der Waals surface area contributed by atoms with E-state index in [1.54, 1.807) is 0 Å². The first-order valence-electron chi connectivity index (χ1n) is 7.79. The molecule has 0 radical (unpaired) electrons. The van der Waals surface area contributed by atoms with Gasteiger partial charge in [0.1, 0.15) is 0 Å². The van der Waals surface area contributed by atoms with E-state index in [4.69, 9.17) is 11.6 Å². The standard InChI is InChI=1S/C20H25Cl/c1-15(2)20-9-7-17(8-10-20)12-19(14-21)13-18-6-4-5-16(3)11-18/h4-11,15,19H,12-14H2,1-3H3. The summed E-state index contributed by atoms with van der Waals surface area (Å²) < 4.78 is 0. The van der Waals surface area contributed by atoms with Crippen LogP contribution in [0.5, 0.6) is 0 Å². The average Bonchev–Trinajstić information content (AvgIpc) is 2.47. The second kappa shape index (κ2) is 7.66. The van der Waals surface area contributed by atoms with E-state index < -0.39 is 0 Å². The summed E-state index contributed by atoms with van der Waals surface area (Å²) in [7, 11) is 0. The van der Waals surface area contributed by atoms with Gasteiger partial charge in [0.2, 0.25) is 0 Å². The zero-order valence-corrected chi connectivity index (χ0v) is 14.0. The Labute approximate surface area is 134 Å². The van der Waals surface area contributed by atoms with Crippen LogP contribution in [-0.4, -0.2) is 5.88 Å². The lowest BCUT2D eigenvalue weighted by molar-refractivity contribution is 0.583. The molecule has 0 spiro atoms. The Balaban J connectivity index is 2.01. The molecule has 2 aromatic rings. The van der Waals surface area contributed by atoms with Gasteiger partial charge < -0.3 is 0 Å². The molecule has 0 nitrogen and oxygen atoms in total. The number of hydrogen-bond donors (Lipinski definition) is 0. The first-order valence-corrected chi connectivity index (χ1v) is 8.32. The van der Waals surface area contributed by atoms with E-state index in [9.17, 15) is 0 Å². The highest BCUT2D eigenvalue weighted by atomic mass is 35.5. The molecule has 0 amide bonds. The fourth-order valence-electron chi connectivity index (χ4n) is 2.73. The molecule has 0 aliphatic carbocycles. The molecule has 0 saturated carbocycles. The first kappa shape index (κ1) is 16.1. The van der Waals surface area contributed by atoms with Crippen LogP contribution in [-0.2, 0) is 12.8 Å². The molecule has 0 fully saturated rings. The van der Waals surface area contributed by atoms with Crippen LogP contribution in [0.2, 0.25) is 0 Å². The van der Waals surface area contributed by atoms with E-state index in [2.05, 4.69) is 69.3 Å². The van der Waals surface area contributed by atoms with Crippen molar-refractivity contribution in [3.8, 4) is 0 Å². The SMILES string of the molecule is Cc1cccc(CC(CCl)Cc2ccc(C(C)C)cc2)c1.